The van der Waals surface area contributed by atoms with Gasteiger partial charge in [0.2, 0.25) is 15.9 Å². The van der Waals surface area contributed by atoms with Gasteiger partial charge in [0.1, 0.15) is 5.69 Å². The van der Waals surface area contributed by atoms with Crippen molar-refractivity contribution in [2.45, 2.75) is 65.4 Å². The summed E-state index contributed by atoms with van der Waals surface area (Å²) in [6, 6.07) is 11.9. The first-order chi connectivity index (χ1) is 13.8. The molecule has 1 fully saturated rings. The van der Waals surface area contributed by atoms with Crippen molar-refractivity contribution in [3.05, 3.63) is 41.8 Å². The molecule has 2 aromatic heterocycles. The molecule has 3 aromatic rings. The summed E-state index contributed by atoms with van der Waals surface area (Å²) in [5.41, 5.74) is 2.57. The normalized spacial score (nSPS) is 13.7. The number of nitrogens with one attached hydrogen (secondary N) is 1. The summed E-state index contributed by atoms with van der Waals surface area (Å²) in [4.78, 5) is 10.4. The SMILES string of the molecule is C.CC(C)NS(=O)(=O)C1CC1.CC(C)Oc1nc2ccccc2nc1-c1cccs1. The Balaban J connectivity index is 0.000000249. The van der Waals surface area contributed by atoms with Crippen LogP contribution in [0.3, 0.4) is 0 Å². The van der Waals surface area contributed by atoms with Crippen LogP contribution in [-0.2, 0) is 10.0 Å². The zero-order valence-electron chi connectivity index (χ0n) is 17.1. The van der Waals surface area contributed by atoms with Crippen molar-refractivity contribution in [3.8, 4) is 16.5 Å². The third kappa shape index (κ3) is 6.48. The predicted molar refractivity (Wildman–Crippen MR) is 126 cm³/mol. The Kier molecular flexibility index (Phi) is 8.34. The third-order valence-corrected chi connectivity index (χ3v) is 7.03. The van der Waals surface area contributed by atoms with Gasteiger partial charge in [-0.15, -0.1) is 11.3 Å². The van der Waals surface area contributed by atoms with Crippen molar-refractivity contribution < 1.29 is 13.2 Å². The van der Waals surface area contributed by atoms with E-state index in [1.165, 1.54) is 0 Å². The molecular formula is C22H31N3O3S2. The third-order valence-electron chi connectivity index (χ3n) is 4.00. The van der Waals surface area contributed by atoms with E-state index in [2.05, 4.69) is 9.71 Å². The highest BCUT2D eigenvalue weighted by molar-refractivity contribution is 7.90. The molecule has 4 rings (SSSR count). The van der Waals surface area contributed by atoms with Gasteiger partial charge in [0.25, 0.3) is 0 Å². The number of thiophene rings is 1. The standard InChI is InChI=1S/C15H14N2OS.C6H13NO2S.CH4/c1-10(2)18-15-14(13-8-5-9-19-13)16-11-6-3-4-7-12(11)17-15;1-5(2)7-10(8,9)6-3-4-6;/h3-10H,1-2H3;5-7H,3-4H2,1-2H3;1H4. The van der Waals surface area contributed by atoms with Crippen LogP contribution < -0.4 is 9.46 Å². The Bertz CT molecular complexity index is 1040. The molecule has 0 radical (unpaired) electrons. The van der Waals surface area contributed by atoms with Gasteiger partial charge in [-0.25, -0.2) is 23.1 Å². The first-order valence-electron chi connectivity index (χ1n) is 9.74. The Morgan fingerprint density at radius 2 is 1.67 bits per heavy atom. The van der Waals surface area contributed by atoms with E-state index in [0.717, 1.165) is 34.4 Å². The highest BCUT2D eigenvalue weighted by atomic mass is 32.2. The number of ether oxygens (including phenoxy) is 1. The quantitative estimate of drug-likeness (QED) is 0.555. The molecule has 8 heteroatoms. The van der Waals surface area contributed by atoms with Gasteiger partial charge in [-0.2, -0.15) is 0 Å². The molecule has 0 aliphatic heterocycles. The molecular weight excluding hydrogens is 418 g/mol. The lowest BCUT2D eigenvalue weighted by molar-refractivity contribution is 0.234. The van der Waals surface area contributed by atoms with Crippen molar-refractivity contribution in [1.82, 2.24) is 14.7 Å². The maximum Gasteiger partial charge on any atom is 0.242 e. The first-order valence-corrected chi connectivity index (χ1v) is 12.2. The van der Waals surface area contributed by atoms with Crippen LogP contribution in [0, 0.1) is 0 Å². The summed E-state index contributed by atoms with van der Waals surface area (Å²) in [5, 5.41) is 1.95. The fraction of sp³-hybridized carbons (Fsp3) is 0.455. The number of benzene rings is 1. The van der Waals surface area contributed by atoms with Gasteiger partial charge in [0.05, 0.1) is 27.3 Å². The first kappa shape index (κ1) is 24.2. The number of sulfonamides is 1. The number of hydrogen-bond acceptors (Lipinski definition) is 6. The van der Waals surface area contributed by atoms with Crippen LogP contribution in [0.5, 0.6) is 5.88 Å². The fourth-order valence-electron chi connectivity index (χ4n) is 2.67. The van der Waals surface area contributed by atoms with Crippen molar-refractivity contribution >= 4 is 32.4 Å². The maximum absolute atomic E-state index is 11.1. The Morgan fingerprint density at radius 1 is 1.03 bits per heavy atom. The molecule has 0 spiro atoms. The van der Waals surface area contributed by atoms with E-state index in [1.807, 2.05) is 69.5 Å². The molecule has 1 aliphatic rings. The smallest absolute Gasteiger partial charge is 0.242 e. The lowest BCUT2D eigenvalue weighted by Crippen LogP contribution is -2.32. The van der Waals surface area contributed by atoms with Crippen LogP contribution in [0.1, 0.15) is 48.0 Å². The van der Waals surface area contributed by atoms with E-state index < -0.39 is 10.0 Å². The van der Waals surface area contributed by atoms with Crippen molar-refractivity contribution in [3.63, 3.8) is 0 Å². The van der Waals surface area contributed by atoms with Crippen LogP contribution in [0.15, 0.2) is 41.8 Å². The van der Waals surface area contributed by atoms with E-state index in [4.69, 9.17) is 9.72 Å². The predicted octanol–water partition coefficient (Wildman–Crippen LogP) is 5.26. The average molecular weight is 450 g/mol. The number of hydrogen-bond donors (Lipinski definition) is 1. The molecule has 1 N–H and O–H groups in total. The minimum absolute atomic E-state index is 0. The zero-order chi connectivity index (χ0) is 21.0. The summed E-state index contributed by atoms with van der Waals surface area (Å²) in [6.07, 6.45) is 1.75. The van der Waals surface area contributed by atoms with Crippen LogP contribution >= 0.6 is 11.3 Å². The lowest BCUT2D eigenvalue weighted by atomic mass is 10.2. The van der Waals surface area contributed by atoms with Gasteiger partial charge in [-0.1, -0.05) is 25.6 Å². The lowest BCUT2D eigenvalue weighted by Gasteiger charge is -2.12. The minimum atomic E-state index is -2.94. The van der Waals surface area contributed by atoms with E-state index >= 15 is 0 Å². The summed E-state index contributed by atoms with van der Waals surface area (Å²) in [5.74, 6) is 0.608. The van der Waals surface area contributed by atoms with E-state index in [9.17, 15) is 8.42 Å². The molecule has 2 heterocycles. The van der Waals surface area contributed by atoms with Gasteiger partial charge in [0, 0.05) is 6.04 Å². The second-order valence-electron chi connectivity index (χ2n) is 7.53. The van der Waals surface area contributed by atoms with Crippen LogP contribution in [0.25, 0.3) is 21.6 Å². The summed E-state index contributed by atoms with van der Waals surface area (Å²) < 4.78 is 30.5. The van der Waals surface area contributed by atoms with Gasteiger partial charge >= 0.3 is 0 Å². The summed E-state index contributed by atoms with van der Waals surface area (Å²) in [7, 11) is -2.94. The molecule has 0 bridgehead atoms. The number of nitrogens with zero attached hydrogens (tertiary/aromatic N) is 2. The Labute approximate surface area is 183 Å². The molecule has 30 heavy (non-hydrogen) atoms. The molecule has 164 valence electrons. The number of rotatable bonds is 6. The maximum atomic E-state index is 11.1. The monoisotopic (exact) mass is 449 g/mol. The van der Waals surface area contributed by atoms with E-state index in [0.29, 0.717) is 5.88 Å². The van der Waals surface area contributed by atoms with Gasteiger partial charge in [0.15, 0.2) is 0 Å². The molecule has 0 amide bonds. The largest absolute Gasteiger partial charge is 0.473 e. The molecule has 0 unspecified atom stereocenters. The Morgan fingerprint density at radius 3 is 2.17 bits per heavy atom. The number of fused-ring (bicyclic) bond motifs is 1. The van der Waals surface area contributed by atoms with Crippen LogP contribution in [0.4, 0.5) is 0 Å². The highest BCUT2D eigenvalue weighted by Gasteiger charge is 2.35. The average Bonchev–Trinajstić information content (AvgIpc) is 3.37. The minimum Gasteiger partial charge on any atom is -0.473 e. The van der Waals surface area contributed by atoms with Crippen molar-refractivity contribution in [2.75, 3.05) is 0 Å². The second kappa shape index (κ2) is 10.3. The van der Waals surface area contributed by atoms with E-state index in [-0.39, 0.29) is 24.8 Å². The van der Waals surface area contributed by atoms with Gasteiger partial charge < -0.3 is 4.74 Å². The topological polar surface area (TPSA) is 81.2 Å². The van der Waals surface area contributed by atoms with Crippen molar-refractivity contribution in [1.29, 1.82) is 0 Å². The number of para-hydroxylation sites is 2. The fourth-order valence-corrected chi connectivity index (χ4v) is 4.98. The van der Waals surface area contributed by atoms with Crippen molar-refractivity contribution in [2.24, 2.45) is 0 Å². The molecule has 1 aromatic carbocycles. The van der Waals surface area contributed by atoms with Gasteiger partial charge in [-0.05, 0) is 64.1 Å². The van der Waals surface area contributed by atoms with Crippen LogP contribution in [-0.4, -0.2) is 35.8 Å². The highest BCUT2D eigenvalue weighted by Crippen LogP contribution is 2.32. The second-order valence-corrected chi connectivity index (χ2v) is 10.5. The van der Waals surface area contributed by atoms with E-state index in [1.54, 1.807) is 11.3 Å². The summed E-state index contributed by atoms with van der Waals surface area (Å²) in [6.45, 7) is 7.66. The molecule has 0 atom stereocenters. The summed E-state index contributed by atoms with van der Waals surface area (Å²) >= 11 is 1.64. The Hall–Kier alpha value is -2.03. The molecule has 1 saturated carbocycles. The molecule has 0 saturated heterocycles. The zero-order valence-corrected chi connectivity index (χ0v) is 18.8. The molecule has 1 aliphatic carbocycles. The van der Waals surface area contributed by atoms with Gasteiger partial charge in [-0.3, -0.25) is 0 Å². The molecule has 6 nitrogen and oxygen atoms in total. The van der Waals surface area contributed by atoms with Crippen LogP contribution in [0.2, 0.25) is 0 Å². The number of aromatic nitrogens is 2.